The predicted octanol–water partition coefficient (Wildman–Crippen LogP) is 3.81. The van der Waals surface area contributed by atoms with E-state index in [-0.39, 0.29) is 6.42 Å². The molecule has 1 unspecified atom stereocenters. The summed E-state index contributed by atoms with van der Waals surface area (Å²) in [4.78, 5) is 23.8. The van der Waals surface area contributed by atoms with Gasteiger partial charge in [-0.25, -0.2) is 4.39 Å². The Morgan fingerprint density at radius 3 is 2.36 bits per heavy atom. The number of benzene rings is 2. The Morgan fingerprint density at radius 1 is 1.11 bits per heavy atom. The second-order valence-corrected chi connectivity index (χ2v) is 6.75. The van der Waals surface area contributed by atoms with Gasteiger partial charge < -0.3 is 19.9 Å². The molecule has 0 aliphatic carbocycles. The molecule has 0 spiro atoms. The minimum absolute atomic E-state index is 0.297. The lowest BCUT2D eigenvalue weighted by atomic mass is 10.0. The van der Waals surface area contributed by atoms with Crippen LogP contribution in [0.1, 0.15) is 42.2 Å². The maximum Gasteiger partial charge on any atom is 0.305 e. The third-order valence-electron chi connectivity index (χ3n) is 3.95. The van der Waals surface area contributed by atoms with Crippen molar-refractivity contribution >= 4 is 11.9 Å². The first-order valence-electron chi connectivity index (χ1n) is 8.89. The first-order chi connectivity index (χ1) is 13.3. The Bertz CT molecular complexity index is 820. The molecular formula is C21H24FNO5. The minimum Gasteiger partial charge on any atom is -0.493 e. The molecular weight excluding hydrogens is 365 g/mol. The number of carbonyl (C=O) groups excluding carboxylic acids is 1. The van der Waals surface area contributed by atoms with Gasteiger partial charge in [-0.3, -0.25) is 9.59 Å². The first-order valence-corrected chi connectivity index (χ1v) is 8.89. The van der Waals surface area contributed by atoms with E-state index in [2.05, 4.69) is 5.32 Å². The topological polar surface area (TPSA) is 84.9 Å². The molecule has 6 nitrogen and oxygen atoms in total. The minimum atomic E-state index is -1.08. The zero-order valence-corrected chi connectivity index (χ0v) is 16.1. The number of ether oxygens (including phenoxy) is 2. The molecule has 0 aliphatic rings. The maximum atomic E-state index is 13.1. The van der Waals surface area contributed by atoms with Crippen LogP contribution in [0, 0.1) is 11.7 Å². The average molecular weight is 389 g/mol. The van der Waals surface area contributed by atoms with Crippen LogP contribution in [0.15, 0.2) is 42.5 Å². The number of amides is 1. The van der Waals surface area contributed by atoms with Crippen LogP contribution in [0.25, 0.3) is 0 Å². The summed E-state index contributed by atoms with van der Waals surface area (Å²) in [5.41, 5.74) is 0.798. The number of carboxylic acid groups (broad SMARTS) is 1. The summed E-state index contributed by atoms with van der Waals surface area (Å²) in [7, 11) is 1.48. The van der Waals surface area contributed by atoms with Crippen molar-refractivity contribution in [2.75, 3.05) is 13.7 Å². The van der Waals surface area contributed by atoms with Crippen LogP contribution in [0.2, 0.25) is 0 Å². The van der Waals surface area contributed by atoms with Crippen molar-refractivity contribution in [3.05, 3.63) is 59.4 Å². The zero-order valence-electron chi connectivity index (χ0n) is 16.1. The zero-order chi connectivity index (χ0) is 20.7. The van der Waals surface area contributed by atoms with Gasteiger partial charge in [-0.15, -0.1) is 0 Å². The monoisotopic (exact) mass is 389 g/mol. The van der Waals surface area contributed by atoms with Gasteiger partial charge in [0.2, 0.25) is 0 Å². The number of aliphatic carboxylic acids is 1. The molecule has 28 heavy (non-hydrogen) atoms. The number of rotatable bonds is 9. The molecule has 150 valence electrons. The lowest BCUT2D eigenvalue weighted by Gasteiger charge is -2.18. The van der Waals surface area contributed by atoms with E-state index in [4.69, 9.17) is 14.6 Å². The molecule has 2 N–H and O–H groups in total. The molecule has 0 heterocycles. The van der Waals surface area contributed by atoms with Gasteiger partial charge in [-0.2, -0.15) is 0 Å². The van der Waals surface area contributed by atoms with E-state index in [1.807, 2.05) is 13.8 Å². The normalized spacial score (nSPS) is 11.8. The highest BCUT2D eigenvalue weighted by Crippen LogP contribution is 2.29. The molecule has 0 saturated heterocycles. The Kier molecular flexibility index (Phi) is 7.37. The third kappa shape index (κ3) is 5.97. The molecule has 2 rings (SSSR count). The van der Waals surface area contributed by atoms with Crippen molar-refractivity contribution in [3.63, 3.8) is 0 Å². The number of halogens is 1. The van der Waals surface area contributed by atoms with E-state index in [0.717, 1.165) is 0 Å². The van der Waals surface area contributed by atoms with Gasteiger partial charge in [0.1, 0.15) is 5.82 Å². The Labute approximate surface area is 163 Å². The summed E-state index contributed by atoms with van der Waals surface area (Å²) in [6, 6.07) is 9.30. The summed E-state index contributed by atoms with van der Waals surface area (Å²) < 4.78 is 24.1. The van der Waals surface area contributed by atoms with E-state index in [1.54, 1.807) is 12.1 Å². The van der Waals surface area contributed by atoms with Crippen molar-refractivity contribution < 1.29 is 28.6 Å². The van der Waals surface area contributed by atoms with Gasteiger partial charge in [0, 0.05) is 5.56 Å². The summed E-state index contributed by atoms with van der Waals surface area (Å²) in [5.74, 6) is -0.724. The molecule has 0 radical (unpaired) electrons. The van der Waals surface area contributed by atoms with Crippen LogP contribution >= 0.6 is 0 Å². The molecule has 2 aromatic rings. The summed E-state index contributed by atoms with van der Waals surface area (Å²) >= 11 is 0. The van der Waals surface area contributed by atoms with Gasteiger partial charge in [0.05, 0.1) is 26.2 Å². The Morgan fingerprint density at radius 2 is 1.79 bits per heavy atom. The van der Waals surface area contributed by atoms with E-state index in [0.29, 0.717) is 35.2 Å². The number of hydrogen-bond acceptors (Lipinski definition) is 4. The summed E-state index contributed by atoms with van der Waals surface area (Å²) in [6.45, 7) is 4.55. The second kappa shape index (κ2) is 9.73. The fourth-order valence-electron chi connectivity index (χ4n) is 2.55. The lowest BCUT2D eigenvalue weighted by molar-refractivity contribution is -0.137. The molecule has 1 amide bonds. The Balaban J connectivity index is 2.20. The van der Waals surface area contributed by atoms with E-state index in [1.165, 1.54) is 37.4 Å². The molecule has 0 aromatic heterocycles. The third-order valence-corrected chi connectivity index (χ3v) is 3.95. The van der Waals surface area contributed by atoms with Crippen LogP contribution in [-0.4, -0.2) is 30.7 Å². The average Bonchev–Trinajstić information content (AvgIpc) is 2.65. The number of carboxylic acids is 1. The van der Waals surface area contributed by atoms with Crippen molar-refractivity contribution in [2.24, 2.45) is 5.92 Å². The summed E-state index contributed by atoms with van der Waals surface area (Å²) in [6.07, 6.45) is -0.329. The van der Waals surface area contributed by atoms with Crippen molar-refractivity contribution in [1.29, 1.82) is 0 Å². The largest absolute Gasteiger partial charge is 0.493 e. The van der Waals surface area contributed by atoms with E-state index >= 15 is 0 Å². The number of hydrogen-bond donors (Lipinski definition) is 2. The quantitative estimate of drug-likeness (QED) is 0.681. The molecule has 0 aliphatic heterocycles. The van der Waals surface area contributed by atoms with Gasteiger partial charge in [0.25, 0.3) is 5.91 Å². The SMILES string of the molecule is COc1cc(C(=O)NC(CC(=O)O)c2ccc(F)cc2)ccc1OCC(C)C. The van der Waals surface area contributed by atoms with Gasteiger partial charge >= 0.3 is 5.97 Å². The number of methoxy groups -OCH3 is 1. The smallest absolute Gasteiger partial charge is 0.305 e. The standard InChI is InChI=1S/C21H24FNO5/c1-13(2)12-28-18-9-6-15(10-19(18)27-3)21(26)23-17(11-20(24)25)14-4-7-16(22)8-5-14/h4-10,13,17H,11-12H2,1-3H3,(H,23,26)(H,24,25). The van der Waals surface area contributed by atoms with Crippen LogP contribution < -0.4 is 14.8 Å². The van der Waals surface area contributed by atoms with E-state index in [9.17, 15) is 14.0 Å². The van der Waals surface area contributed by atoms with Crippen molar-refractivity contribution in [1.82, 2.24) is 5.32 Å². The van der Waals surface area contributed by atoms with Crippen LogP contribution in [0.4, 0.5) is 4.39 Å². The first kappa shape index (κ1) is 21.2. The van der Waals surface area contributed by atoms with Crippen LogP contribution in [0.5, 0.6) is 11.5 Å². The van der Waals surface area contributed by atoms with Gasteiger partial charge in [0.15, 0.2) is 11.5 Å². The van der Waals surface area contributed by atoms with E-state index < -0.39 is 23.7 Å². The lowest BCUT2D eigenvalue weighted by Crippen LogP contribution is -2.30. The van der Waals surface area contributed by atoms with Gasteiger partial charge in [-0.1, -0.05) is 26.0 Å². The Hall–Kier alpha value is -3.09. The predicted molar refractivity (Wildman–Crippen MR) is 102 cm³/mol. The highest BCUT2D eigenvalue weighted by molar-refractivity contribution is 5.95. The molecule has 0 bridgehead atoms. The highest BCUT2D eigenvalue weighted by Gasteiger charge is 2.20. The maximum absolute atomic E-state index is 13.1. The molecule has 2 aromatic carbocycles. The van der Waals surface area contributed by atoms with Crippen molar-refractivity contribution in [3.8, 4) is 11.5 Å². The second-order valence-electron chi connectivity index (χ2n) is 6.75. The molecule has 7 heteroatoms. The molecule has 0 fully saturated rings. The van der Waals surface area contributed by atoms with Crippen LogP contribution in [0.3, 0.4) is 0 Å². The highest BCUT2D eigenvalue weighted by atomic mass is 19.1. The van der Waals surface area contributed by atoms with Crippen molar-refractivity contribution in [2.45, 2.75) is 26.3 Å². The van der Waals surface area contributed by atoms with Crippen LogP contribution in [-0.2, 0) is 4.79 Å². The van der Waals surface area contributed by atoms with Gasteiger partial charge in [-0.05, 0) is 41.8 Å². The summed E-state index contributed by atoms with van der Waals surface area (Å²) in [5, 5.41) is 11.8. The number of carbonyl (C=O) groups is 2. The molecule has 1 atom stereocenters. The fraction of sp³-hybridized carbons (Fsp3) is 0.333. The number of nitrogens with one attached hydrogen (secondary N) is 1. The fourth-order valence-corrected chi connectivity index (χ4v) is 2.55. The molecule has 0 saturated carbocycles.